The second kappa shape index (κ2) is 12.4. The van der Waals surface area contributed by atoms with Crippen LogP contribution in [0.4, 0.5) is 0 Å². The normalized spacial score (nSPS) is 14.8. The van der Waals surface area contributed by atoms with E-state index in [9.17, 15) is 0 Å². The Morgan fingerprint density at radius 1 is 0.448 bits per heavy atom. The third-order valence-corrected chi connectivity index (χ3v) is 12.6. The number of hydrogen-bond donors (Lipinski definition) is 0. The van der Waals surface area contributed by atoms with Gasteiger partial charge in [-0.05, 0) is 81.2 Å². The molecule has 3 heterocycles. The highest BCUT2D eigenvalue weighted by Gasteiger charge is 2.46. The van der Waals surface area contributed by atoms with Crippen LogP contribution >= 0.6 is 11.6 Å². The van der Waals surface area contributed by atoms with Crippen molar-refractivity contribution in [2.45, 2.75) is 12.3 Å². The fourth-order valence-electron chi connectivity index (χ4n) is 9.74. The Labute approximate surface area is 340 Å². The number of hydrogen-bond acceptors (Lipinski definition) is 3. The molecule has 10 aromatic rings. The smallest absolute Gasteiger partial charge is 0.226 e. The zero-order valence-corrected chi connectivity index (χ0v) is 32.2. The highest BCUT2D eigenvalue weighted by Crippen LogP contribution is 2.61. The molecule has 1 aliphatic carbocycles. The van der Waals surface area contributed by atoms with Gasteiger partial charge in [0.25, 0.3) is 0 Å². The van der Waals surface area contributed by atoms with Gasteiger partial charge in [0.05, 0.1) is 16.7 Å². The number of benzene rings is 8. The van der Waals surface area contributed by atoms with Gasteiger partial charge in [-0.2, -0.15) is 9.97 Å². The van der Waals surface area contributed by atoms with Crippen LogP contribution in [-0.2, 0) is 5.41 Å². The van der Waals surface area contributed by atoms with E-state index >= 15 is 0 Å². The van der Waals surface area contributed by atoms with Crippen molar-refractivity contribution in [2.75, 3.05) is 0 Å². The van der Waals surface area contributed by atoms with Crippen LogP contribution in [0.25, 0.3) is 94.8 Å². The fourth-order valence-corrected chi connectivity index (χ4v) is 9.90. The van der Waals surface area contributed by atoms with Crippen LogP contribution in [0.2, 0.25) is 5.28 Å². The molecule has 0 spiro atoms. The van der Waals surface area contributed by atoms with Gasteiger partial charge in [-0.25, -0.2) is 4.98 Å². The number of aromatic nitrogens is 4. The Kier molecular flexibility index (Phi) is 7.08. The van der Waals surface area contributed by atoms with Crippen molar-refractivity contribution < 1.29 is 0 Å². The fraction of sp³-hybridized carbons (Fsp3) is 0.0377. The average Bonchev–Trinajstić information content (AvgIpc) is 3.71. The number of para-hydroxylation sites is 2. The summed E-state index contributed by atoms with van der Waals surface area (Å²) in [5, 5.41) is 2.63. The van der Waals surface area contributed by atoms with E-state index in [0.29, 0.717) is 11.6 Å². The maximum absolute atomic E-state index is 6.84. The van der Waals surface area contributed by atoms with Crippen molar-refractivity contribution in [2.24, 2.45) is 0 Å². The molecule has 8 aromatic carbocycles. The van der Waals surface area contributed by atoms with Gasteiger partial charge in [-0.3, -0.25) is 0 Å². The van der Waals surface area contributed by atoms with Gasteiger partial charge in [-0.15, -0.1) is 0 Å². The number of halogens is 1. The van der Waals surface area contributed by atoms with Crippen molar-refractivity contribution in [3.63, 3.8) is 0 Å². The predicted molar refractivity (Wildman–Crippen MR) is 237 cm³/mol. The summed E-state index contributed by atoms with van der Waals surface area (Å²) in [6.45, 7) is 2.40. The molecule has 1 aliphatic heterocycles. The van der Waals surface area contributed by atoms with E-state index in [1.807, 2.05) is 6.07 Å². The van der Waals surface area contributed by atoms with E-state index < -0.39 is 5.41 Å². The average molecular weight is 761 g/mol. The van der Waals surface area contributed by atoms with Crippen molar-refractivity contribution in [1.29, 1.82) is 0 Å². The molecule has 272 valence electrons. The number of nitrogens with zero attached hydrogens (tertiary/aromatic N) is 4. The van der Waals surface area contributed by atoms with Gasteiger partial charge in [0, 0.05) is 44.0 Å². The lowest BCUT2D eigenvalue weighted by Crippen LogP contribution is -2.22. The van der Waals surface area contributed by atoms with Crippen LogP contribution in [-0.4, -0.2) is 19.5 Å². The molecule has 0 bridgehead atoms. The summed E-state index contributed by atoms with van der Waals surface area (Å²) < 4.78 is 2.48. The quantitative estimate of drug-likeness (QED) is 0.175. The highest BCUT2D eigenvalue weighted by molar-refractivity contribution is 6.28. The van der Waals surface area contributed by atoms with Crippen molar-refractivity contribution >= 4 is 33.4 Å². The van der Waals surface area contributed by atoms with Gasteiger partial charge in [0.2, 0.25) is 5.28 Å². The lowest BCUT2D eigenvalue weighted by atomic mass is 9.73. The molecule has 2 aromatic heterocycles. The lowest BCUT2D eigenvalue weighted by molar-refractivity contribution is 0.714. The van der Waals surface area contributed by atoms with Crippen LogP contribution in [0, 0.1) is 0 Å². The minimum Gasteiger partial charge on any atom is -0.308 e. The van der Waals surface area contributed by atoms with Gasteiger partial charge >= 0.3 is 0 Å². The maximum atomic E-state index is 6.84. The minimum atomic E-state index is -0.465. The second-order valence-electron chi connectivity index (χ2n) is 15.4. The molecule has 0 amide bonds. The van der Waals surface area contributed by atoms with Crippen LogP contribution in [0.1, 0.15) is 23.6 Å². The summed E-state index contributed by atoms with van der Waals surface area (Å²) in [6.07, 6.45) is 0. The van der Waals surface area contributed by atoms with Crippen LogP contribution in [0.3, 0.4) is 0 Å². The molecule has 0 saturated carbocycles. The Hall–Kier alpha value is -7.14. The number of fused-ring (bicyclic) bond motifs is 6. The molecule has 0 N–H and O–H groups in total. The molecule has 0 saturated heterocycles. The molecule has 5 heteroatoms. The first-order valence-electron chi connectivity index (χ1n) is 19.6. The standard InChI is InChI=1S/C53H33ClN4/c1-53(37-18-12-17-36(31-37)33-15-6-3-7-16-33)42-30-28-41(51-55-50(56-52(54)57-51)35-25-23-34(24-26-35)32-13-4-2-5-14-32)46-40-20-9-11-22-45(40)58-44-21-10-8-19-38(44)39-27-29-43(53)48(47(42)46)49(39)58/h2-31H,1H3. The summed E-state index contributed by atoms with van der Waals surface area (Å²) in [4.78, 5) is 14.7. The molecule has 2 aliphatic rings. The zero-order chi connectivity index (χ0) is 38.5. The van der Waals surface area contributed by atoms with Crippen LogP contribution in [0.15, 0.2) is 182 Å². The summed E-state index contributed by atoms with van der Waals surface area (Å²) >= 11 is 6.84. The van der Waals surface area contributed by atoms with E-state index in [1.54, 1.807) is 0 Å². The lowest BCUT2D eigenvalue weighted by Gasteiger charge is -2.30. The Bertz CT molecular complexity index is 3300. The largest absolute Gasteiger partial charge is 0.308 e. The molecule has 1 unspecified atom stereocenters. The monoisotopic (exact) mass is 760 g/mol. The van der Waals surface area contributed by atoms with Gasteiger partial charge < -0.3 is 4.57 Å². The van der Waals surface area contributed by atoms with Crippen molar-refractivity contribution in [3.05, 3.63) is 204 Å². The Morgan fingerprint density at radius 2 is 1.07 bits per heavy atom. The van der Waals surface area contributed by atoms with Crippen LogP contribution < -0.4 is 0 Å². The molecule has 1 atom stereocenters. The third-order valence-electron chi connectivity index (χ3n) is 12.4. The molecule has 58 heavy (non-hydrogen) atoms. The first-order valence-corrected chi connectivity index (χ1v) is 20.0. The highest BCUT2D eigenvalue weighted by atomic mass is 35.5. The molecule has 0 radical (unpaired) electrons. The van der Waals surface area contributed by atoms with Crippen LogP contribution in [0.5, 0.6) is 0 Å². The van der Waals surface area contributed by atoms with Gasteiger partial charge in [0.1, 0.15) is 0 Å². The third kappa shape index (κ3) is 4.67. The minimum absolute atomic E-state index is 0.157. The van der Waals surface area contributed by atoms with E-state index in [4.69, 9.17) is 21.6 Å². The van der Waals surface area contributed by atoms with Gasteiger partial charge in [-0.1, -0.05) is 164 Å². The molecular weight excluding hydrogens is 728 g/mol. The SMILES string of the molecule is CC1(c2cccc(-c3ccccc3)c2)c2ccc(-c3nc(Cl)nc(-c4ccc(-c5ccccc5)cc4)n3)c3c2-c2c1ccc1c4ccccc4n(c21)-c1ccccc1-3. The van der Waals surface area contributed by atoms with Gasteiger partial charge in [0.15, 0.2) is 11.6 Å². The predicted octanol–water partition coefficient (Wildman–Crippen LogP) is 13.6. The topological polar surface area (TPSA) is 43.6 Å². The zero-order valence-electron chi connectivity index (χ0n) is 31.5. The summed E-state index contributed by atoms with van der Waals surface area (Å²) in [5.41, 5.74) is 18.0. The maximum Gasteiger partial charge on any atom is 0.226 e. The Morgan fingerprint density at radius 3 is 1.88 bits per heavy atom. The summed E-state index contributed by atoms with van der Waals surface area (Å²) in [7, 11) is 0. The molecule has 0 fully saturated rings. The first kappa shape index (κ1) is 33.0. The van der Waals surface area contributed by atoms with E-state index in [-0.39, 0.29) is 5.28 Å². The molecule has 12 rings (SSSR count). The van der Waals surface area contributed by atoms with E-state index in [0.717, 1.165) is 39.1 Å². The van der Waals surface area contributed by atoms with E-state index in [1.165, 1.54) is 60.8 Å². The van der Waals surface area contributed by atoms with E-state index in [2.05, 4.69) is 192 Å². The number of rotatable bonds is 5. The first-order chi connectivity index (χ1) is 28.6. The van der Waals surface area contributed by atoms with Crippen molar-refractivity contribution in [1.82, 2.24) is 19.5 Å². The molecular formula is C53H33ClN4. The molecule has 4 nitrogen and oxygen atoms in total. The summed E-state index contributed by atoms with van der Waals surface area (Å²) in [5.74, 6) is 1.08. The Balaban J connectivity index is 1.14. The summed E-state index contributed by atoms with van der Waals surface area (Å²) in [6, 6.07) is 65.2. The van der Waals surface area contributed by atoms with Crippen molar-refractivity contribution in [3.8, 4) is 73.0 Å². The second-order valence-corrected chi connectivity index (χ2v) is 15.8.